The van der Waals surface area contributed by atoms with Crippen molar-refractivity contribution in [1.82, 2.24) is 44.7 Å². The number of hydrogen-bond acceptors (Lipinski definition) is 6. The van der Waals surface area contributed by atoms with E-state index in [9.17, 15) is 4.79 Å². The molecule has 3 aromatic heterocycles. The molecule has 154 valence electrons. The third-order valence-electron chi connectivity index (χ3n) is 4.46. The van der Waals surface area contributed by atoms with E-state index in [1.54, 1.807) is 34.9 Å². The predicted octanol–water partition coefficient (Wildman–Crippen LogP) is 2.18. The van der Waals surface area contributed by atoms with Crippen LogP contribution >= 0.6 is 11.6 Å². The standard InChI is InChI=1S/C19H20ClN9O/c1-3-27-11-15(20)17(23-27)12-26(2)19(30)16-9-10-28(22-16)13-29-24-18(21-25-29)14-7-5-4-6-8-14/h4-11H,3,12-13H2,1-2H3. The van der Waals surface area contributed by atoms with Gasteiger partial charge in [0.05, 0.1) is 11.6 Å². The Hall–Kier alpha value is -3.53. The molecule has 0 aliphatic heterocycles. The lowest BCUT2D eigenvalue weighted by Gasteiger charge is -2.14. The van der Waals surface area contributed by atoms with Crippen molar-refractivity contribution in [3.8, 4) is 11.4 Å². The molecule has 0 saturated heterocycles. The summed E-state index contributed by atoms with van der Waals surface area (Å²) in [6.07, 6.45) is 3.45. The first kappa shape index (κ1) is 19.8. The Balaban J connectivity index is 1.41. The third-order valence-corrected chi connectivity index (χ3v) is 4.78. The molecule has 0 bridgehead atoms. The lowest BCUT2D eigenvalue weighted by atomic mass is 10.2. The Morgan fingerprint density at radius 3 is 2.63 bits per heavy atom. The van der Waals surface area contributed by atoms with Crippen LogP contribution in [0.5, 0.6) is 0 Å². The van der Waals surface area contributed by atoms with Gasteiger partial charge in [0.2, 0.25) is 5.82 Å². The number of aryl methyl sites for hydroxylation is 1. The summed E-state index contributed by atoms with van der Waals surface area (Å²) in [5.41, 5.74) is 1.84. The Morgan fingerprint density at radius 2 is 1.90 bits per heavy atom. The largest absolute Gasteiger partial charge is 0.334 e. The maximum atomic E-state index is 12.7. The minimum atomic E-state index is -0.229. The zero-order valence-corrected chi connectivity index (χ0v) is 17.3. The zero-order valence-electron chi connectivity index (χ0n) is 16.6. The van der Waals surface area contributed by atoms with E-state index in [0.717, 1.165) is 5.56 Å². The van der Waals surface area contributed by atoms with Gasteiger partial charge in [-0.05, 0) is 18.2 Å². The lowest BCUT2D eigenvalue weighted by molar-refractivity contribution is 0.0776. The number of halogens is 1. The predicted molar refractivity (Wildman–Crippen MR) is 110 cm³/mol. The summed E-state index contributed by atoms with van der Waals surface area (Å²) >= 11 is 6.20. The van der Waals surface area contributed by atoms with Gasteiger partial charge in [0.25, 0.3) is 5.91 Å². The molecular formula is C19H20ClN9O. The van der Waals surface area contributed by atoms with Crippen molar-refractivity contribution in [2.75, 3.05) is 7.05 Å². The van der Waals surface area contributed by atoms with Crippen LogP contribution in [0.1, 0.15) is 23.1 Å². The first-order valence-corrected chi connectivity index (χ1v) is 9.75. The number of carbonyl (C=O) groups is 1. The maximum Gasteiger partial charge on any atom is 0.274 e. The molecule has 11 heteroatoms. The van der Waals surface area contributed by atoms with Crippen LogP contribution in [-0.2, 0) is 19.8 Å². The molecule has 30 heavy (non-hydrogen) atoms. The van der Waals surface area contributed by atoms with Crippen molar-refractivity contribution >= 4 is 17.5 Å². The molecule has 4 aromatic rings. The molecule has 0 saturated carbocycles. The summed E-state index contributed by atoms with van der Waals surface area (Å²) in [7, 11) is 1.69. The highest BCUT2D eigenvalue weighted by atomic mass is 35.5. The fourth-order valence-corrected chi connectivity index (χ4v) is 3.10. The van der Waals surface area contributed by atoms with Crippen molar-refractivity contribution in [3.63, 3.8) is 0 Å². The van der Waals surface area contributed by atoms with Crippen molar-refractivity contribution in [2.45, 2.75) is 26.7 Å². The number of nitrogens with zero attached hydrogens (tertiary/aromatic N) is 9. The zero-order chi connectivity index (χ0) is 21.1. The van der Waals surface area contributed by atoms with E-state index in [1.807, 2.05) is 37.3 Å². The van der Waals surface area contributed by atoms with Crippen LogP contribution in [0, 0.1) is 0 Å². The second-order valence-electron chi connectivity index (χ2n) is 6.67. The van der Waals surface area contributed by atoms with Crippen molar-refractivity contribution in [1.29, 1.82) is 0 Å². The number of tetrazole rings is 1. The summed E-state index contributed by atoms with van der Waals surface area (Å²) < 4.78 is 3.32. The lowest BCUT2D eigenvalue weighted by Crippen LogP contribution is -2.27. The summed E-state index contributed by atoms with van der Waals surface area (Å²) in [6, 6.07) is 11.2. The summed E-state index contributed by atoms with van der Waals surface area (Å²) in [5.74, 6) is 0.301. The first-order chi connectivity index (χ1) is 14.5. The molecule has 0 N–H and O–H groups in total. The van der Waals surface area contributed by atoms with Crippen LogP contribution in [0.15, 0.2) is 48.8 Å². The Labute approximate surface area is 177 Å². The van der Waals surface area contributed by atoms with E-state index in [4.69, 9.17) is 11.6 Å². The minimum absolute atomic E-state index is 0.229. The number of aromatic nitrogens is 8. The second-order valence-corrected chi connectivity index (χ2v) is 7.08. The SMILES string of the molecule is CCn1cc(Cl)c(CN(C)C(=O)c2ccn(Cn3nnc(-c4ccccc4)n3)n2)n1. The van der Waals surface area contributed by atoms with Gasteiger partial charge >= 0.3 is 0 Å². The average Bonchev–Trinajstić information content (AvgIpc) is 3.49. The van der Waals surface area contributed by atoms with Gasteiger partial charge in [0.1, 0.15) is 11.4 Å². The molecule has 4 rings (SSSR count). The molecule has 1 aromatic carbocycles. The highest BCUT2D eigenvalue weighted by molar-refractivity contribution is 6.31. The van der Waals surface area contributed by atoms with Crippen LogP contribution in [-0.4, -0.2) is 57.6 Å². The van der Waals surface area contributed by atoms with E-state index in [0.29, 0.717) is 35.3 Å². The quantitative estimate of drug-likeness (QED) is 0.450. The maximum absolute atomic E-state index is 12.7. The van der Waals surface area contributed by atoms with Gasteiger partial charge in [-0.25, -0.2) is 4.68 Å². The molecule has 0 radical (unpaired) electrons. The molecule has 0 atom stereocenters. The van der Waals surface area contributed by atoms with Gasteiger partial charge in [-0.2, -0.15) is 10.2 Å². The monoisotopic (exact) mass is 425 g/mol. The van der Waals surface area contributed by atoms with Crippen molar-refractivity contribution < 1.29 is 4.79 Å². The number of carbonyl (C=O) groups excluding carboxylic acids is 1. The average molecular weight is 426 g/mol. The van der Waals surface area contributed by atoms with E-state index >= 15 is 0 Å². The molecule has 0 spiro atoms. The highest BCUT2D eigenvalue weighted by Gasteiger charge is 2.18. The number of benzene rings is 1. The molecule has 0 unspecified atom stereocenters. The molecular weight excluding hydrogens is 406 g/mol. The van der Waals surface area contributed by atoms with Crippen molar-refractivity contribution in [3.05, 3.63) is 65.2 Å². The van der Waals surface area contributed by atoms with Crippen LogP contribution in [0.3, 0.4) is 0 Å². The normalized spacial score (nSPS) is 11.0. The van der Waals surface area contributed by atoms with Crippen LogP contribution in [0.25, 0.3) is 11.4 Å². The molecule has 0 aliphatic rings. The smallest absolute Gasteiger partial charge is 0.274 e. The van der Waals surface area contributed by atoms with Gasteiger partial charge in [-0.3, -0.25) is 9.48 Å². The molecule has 1 amide bonds. The van der Waals surface area contributed by atoms with E-state index in [1.165, 1.54) is 9.70 Å². The van der Waals surface area contributed by atoms with Crippen LogP contribution < -0.4 is 0 Å². The Kier molecular flexibility index (Phi) is 5.57. The number of amides is 1. The van der Waals surface area contributed by atoms with Crippen LogP contribution in [0.2, 0.25) is 5.02 Å². The minimum Gasteiger partial charge on any atom is -0.334 e. The van der Waals surface area contributed by atoms with Gasteiger partial charge in [0.15, 0.2) is 6.67 Å². The number of hydrogen-bond donors (Lipinski definition) is 0. The van der Waals surface area contributed by atoms with E-state index in [2.05, 4.69) is 25.6 Å². The highest BCUT2D eigenvalue weighted by Crippen LogP contribution is 2.16. The van der Waals surface area contributed by atoms with E-state index in [-0.39, 0.29) is 12.6 Å². The van der Waals surface area contributed by atoms with Gasteiger partial charge in [-0.1, -0.05) is 41.9 Å². The number of rotatable bonds is 7. The van der Waals surface area contributed by atoms with E-state index < -0.39 is 0 Å². The van der Waals surface area contributed by atoms with Gasteiger partial charge < -0.3 is 4.90 Å². The second kappa shape index (κ2) is 8.46. The summed E-state index contributed by atoms with van der Waals surface area (Å²) in [5, 5.41) is 21.7. The van der Waals surface area contributed by atoms with Crippen LogP contribution in [0.4, 0.5) is 0 Å². The molecule has 0 fully saturated rings. The summed E-state index contributed by atoms with van der Waals surface area (Å²) in [6.45, 7) is 3.22. The fraction of sp³-hybridized carbons (Fsp3) is 0.263. The topological polar surface area (TPSA) is 99.6 Å². The summed E-state index contributed by atoms with van der Waals surface area (Å²) in [4.78, 5) is 15.7. The van der Waals surface area contributed by atoms with Gasteiger partial charge in [-0.15, -0.1) is 15.0 Å². The van der Waals surface area contributed by atoms with Crippen molar-refractivity contribution in [2.24, 2.45) is 0 Å². The Bertz CT molecular complexity index is 1150. The Morgan fingerprint density at radius 1 is 1.10 bits per heavy atom. The molecule has 0 aliphatic carbocycles. The third kappa shape index (κ3) is 4.23. The van der Waals surface area contributed by atoms with Gasteiger partial charge in [0, 0.05) is 31.5 Å². The fourth-order valence-electron chi connectivity index (χ4n) is 2.89. The molecule has 10 nitrogen and oxygen atoms in total. The first-order valence-electron chi connectivity index (χ1n) is 9.37. The molecule has 3 heterocycles.